The van der Waals surface area contributed by atoms with Gasteiger partial charge in [0.1, 0.15) is 6.10 Å². The van der Waals surface area contributed by atoms with E-state index >= 15 is 0 Å². The first-order valence-electron chi connectivity index (χ1n) is 7.58. The van der Waals surface area contributed by atoms with Crippen molar-refractivity contribution in [1.29, 1.82) is 0 Å². The predicted octanol–water partition coefficient (Wildman–Crippen LogP) is 2.49. The number of hydrogen-bond acceptors (Lipinski definition) is 3. The summed E-state index contributed by atoms with van der Waals surface area (Å²) in [6, 6.07) is 0.984. The van der Waals surface area contributed by atoms with Gasteiger partial charge in [-0.25, -0.2) is 0 Å². The zero-order valence-electron chi connectivity index (χ0n) is 11.5. The van der Waals surface area contributed by atoms with E-state index in [0.29, 0.717) is 23.9 Å². The number of hydrogen-bond donors (Lipinski definition) is 1. The van der Waals surface area contributed by atoms with Crippen molar-refractivity contribution in [2.75, 3.05) is 0 Å². The average Bonchev–Trinajstić information content (AvgIpc) is 2.88. The van der Waals surface area contributed by atoms with Gasteiger partial charge in [-0.2, -0.15) is 0 Å². The van der Waals surface area contributed by atoms with Crippen molar-refractivity contribution >= 4 is 5.97 Å². The molecule has 102 valence electrons. The van der Waals surface area contributed by atoms with Crippen LogP contribution in [0.5, 0.6) is 0 Å². The normalized spacial score (nSPS) is 47.2. The quantitative estimate of drug-likeness (QED) is 0.766. The molecule has 3 rings (SSSR count). The maximum atomic E-state index is 12.3. The third kappa shape index (κ3) is 2.42. The Morgan fingerprint density at radius 3 is 2.33 bits per heavy atom. The molecule has 0 spiro atoms. The van der Waals surface area contributed by atoms with Gasteiger partial charge in [-0.3, -0.25) is 4.79 Å². The first-order chi connectivity index (χ1) is 8.61. The van der Waals surface area contributed by atoms with E-state index in [-0.39, 0.29) is 18.0 Å². The van der Waals surface area contributed by atoms with Crippen LogP contribution in [0.4, 0.5) is 0 Å². The second-order valence-corrected chi connectivity index (χ2v) is 6.87. The maximum Gasteiger partial charge on any atom is 0.310 e. The van der Waals surface area contributed by atoms with Gasteiger partial charge in [-0.1, -0.05) is 13.8 Å². The molecular formula is C15H25NO2. The number of carbonyl (C=O) groups is 1. The summed E-state index contributed by atoms with van der Waals surface area (Å²) in [5.41, 5.74) is 0. The molecule has 2 bridgehead atoms. The van der Waals surface area contributed by atoms with Gasteiger partial charge in [0.2, 0.25) is 0 Å². The highest BCUT2D eigenvalue weighted by atomic mass is 16.5. The molecule has 1 N–H and O–H groups in total. The highest BCUT2D eigenvalue weighted by molar-refractivity contribution is 5.74. The van der Waals surface area contributed by atoms with E-state index in [9.17, 15) is 4.79 Å². The fraction of sp³-hybridized carbons (Fsp3) is 0.933. The van der Waals surface area contributed by atoms with Crippen LogP contribution in [0.3, 0.4) is 0 Å². The Kier molecular flexibility index (Phi) is 3.35. The summed E-state index contributed by atoms with van der Waals surface area (Å²) in [5.74, 6) is 1.60. The SMILES string of the molecule is CC1CC(C)CC(OC(=O)C2CC3CCC2N3)C1. The molecule has 5 unspecified atom stereocenters. The zero-order chi connectivity index (χ0) is 12.7. The molecule has 3 fully saturated rings. The molecule has 1 saturated carbocycles. The van der Waals surface area contributed by atoms with Crippen LogP contribution in [-0.2, 0) is 9.53 Å². The van der Waals surface area contributed by atoms with Gasteiger partial charge in [-0.15, -0.1) is 0 Å². The number of rotatable bonds is 2. The van der Waals surface area contributed by atoms with Crippen molar-refractivity contribution < 1.29 is 9.53 Å². The van der Waals surface area contributed by atoms with Gasteiger partial charge in [0.15, 0.2) is 0 Å². The number of ether oxygens (including phenoxy) is 1. The Morgan fingerprint density at radius 1 is 1.06 bits per heavy atom. The molecule has 0 aromatic heterocycles. The fourth-order valence-corrected chi connectivity index (χ4v) is 4.31. The van der Waals surface area contributed by atoms with Crippen LogP contribution in [0.15, 0.2) is 0 Å². The lowest BCUT2D eigenvalue weighted by atomic mass is 9.81. The third-order valence-electron chi connectivity index (χ3n) is 5.02. The Balaban J connectivity index is 1.54. The summed E-state index contributed by atoms with van der Waals surface area (Å²) in [4.78, 5) is 12.3. The second-order valence-electron chi connectivity index (χ2n) is 6.87. The van der Waals surface area contributed by atoms with E-state index in [1.807, 2.05) is 0 Å². The van der Waals surface area contributed by atoms with Gasteiger partial charge in [0.25, 0.3) is 0 Å². The lowest BCUT2D eigenvalue weighted by Gasteiger charge is -2.32. The molecule has 1 aliphatic carbocycles. The molecule has 18 heavy (non-hydrogen) atoms. The summed E-state index contributed by atoms with van der Waals surface area (Å²) in [7, 11) is 0. The molecule has 3 aliphatic rings. The van der Waals surface area contributed by atoms with E-state index in [1.165, 1.54) is 12.8 Å². The van der Waals surface area contributed by atoms with Crippen LogP contribution in [0.2, 0.25) is 0 Å². The van der Waals surface area contributed by atoms with Crippen LogP contribution in [-0.4, -0.2) is 24.2 Å². The molecule has 5 atom stereocenters. The standard InChI is InChI=1S/C15H25NO2/c1-9-5-10(2)7-12(6-9)18-15(17)13-8-11-3-4-14(13)16-11/h9-14,16H,3-8H2,1-2H3. The molecule has 2 saturated heterocycles. The van der Waals surface area contributed by atoms with Gasteiger partial charge >= 0.3 is 5.97 Å². The minimum atomic E-state index is 0.0704. The topological polar surface area (TPSA) is 38.3 Å². The first kappa shape index (κ1) is 12.5. The monoisotopic (exact) mass is 251 g/mol. The van der Waals surface area contributed by atoms with Crippen molar-refractivity contribution in [1.82, 2.24) is 5.32 Å². The first-order valence-corrected chi connectivity index (χ1v) is 7.58. The predicted molar refractivity (Wildman–Crippen MR) is 70.1 cm³/mol. The van der Waals surface area contributed by atoms with Crippen molar-refractivity contribution in [3.05, 3.63) is 0 Å². The molecule has 2 heterocycles. The second kappa shape index (κ2) is 4.84. The molecule has 0 amide bonds. The fourth-order valence-electron chi connectivity index (χ4n) is 4.31. The molecule has 0 aromatic carbocycles. The van der Waals surface area contributed by atoms with Crippen LogP contribution < -0.4 is 5.32 Å². The molecule has 3 nitrogen and oxygen atoms in total. The van der Waals surface area contributed by atoms with Gasteiger partial charge in [-0.05, 0) is 50.4 Å². The van der Waals surface area contributed by atoms with Crippen molar-refractivity contribution in [3.8, 4) is 0 Å². The van der Waals surface area contributed by atoms with Crippen LogP contribution in [0, 0.1) is 17.8 Å². The Hall–Kier alpha value is -0.570. The zero-order valence-corrected chi connectivity index (χ0v) is 11.5. The van der Waals surface area contributed by atoms with E-state index < -0.39 is 0 Å². The summed E-state index contributed by atoms with van der Waals surface area (Å²) in [6.07, 6.45) is 6.98. The minimum absolute atomic E-state index is 0.0704. The van der Waals surface area contributed by atoms with Gasteiger partial charge in [0.05, 0.1) is 5.92 Å². The molecule has 2 aliphatic heterocycles. The number of esters is 1. The Morgan fingerprint density at radius 2 is 1.78 bits per heavy atom. The highest BCUT2D eigenvalue weighted by Gasteiger charge is 2.44. The maximum absolute atomic E-state index is 12.3. The number of fused-ring (bicyclic) bond motifs is 2. The summed E-state index contributed by atoms with van der Waals surface area (Å²) in [5, 5.41) is 3.51. The van der Waals surface area contributed by atoms with Crippen molar-refractivity contribution in [3.63, 3.8) is 0 Å². The van der Waals surface area contributed by atoms with Gasteiger partial charge < -0.3 is 10.1 Å². The van der Waals surface area contributed by atoms with Crippen LogP contribution in [0.25, 0.3) is 0 Å². The molecule has 0 radical (unpaired) electrons. The van der Waals surface area contributed by atoms with E-state index in [2.05, 4.69) is 19.2 Å². The van der Waals surface area contributed by atoms with Crippen molar-refractivity contribution in [2.24, 2.45) is 17.8 Å². The lowest BCUT2D eigenvalue weighted by molar-refractivity contribution is -0.157. The minimum Gasteiger partial charge on any atom is -0.462 e. The summed E-state index contributed by atoms with van der Waals surface area (Å²) < 4.78 is 5.79. The molecule has 0 aromatic rings. The van der Waals surface area contributed by atoms with E-state index in [0.717, 1.165) is 25.7 Å². The number of carbonyl (C=O) groups excluding carboxylic acids is 1. The average molecular weight is 251 g/mol. The highest BCUT2D eigenvalue weighted by Crippen LogP contribution is 2.36. The van der Waals surface area contributed by atoms with Crippen molar-refractivity contribution in [2.45, 2.75) is 70.6 Å². The summed E-state index contributed by atoms with van der Waals surface area (Å²) >= 11 is 0. The van der Waals surface area contributed by atoms with Gasteiger partial charge in [0, 0.05) is 12.1 Å². The third-order valence-corrected chi connectivity index (χ3v) is 5.02. The lowest BCUT2D eigenvalue weighted by Crippen LogP contribution is -2.35. The van der Waals surface area contributed by atoms with Crippen LogP contribution >= 0.6 is 0 Å². The van der Waals surface area contributed by atoms with Crippen LogP contribution in [0.1, 0.15) is 52.4 Å². The largest absolute Gasteiger partial charge is 0.462 e. The Labute approximate surface area is 110 Å². The smallest absolute Gasteiger partial charge is 0.310 e. The van der Waals surface area contributed by atoms with E-state index in [4.69, 9.17) is 4.74 Å². The molecule has 3 heteroatoms. The molecular weight excluding hydrogens is 226 g/mol. The number of nitrogens with one attached hydrogen (secondary N) is 1. The summed E-state index contributed by atoms with van der Waals surface area (Å²) in [6.45, 7) is 4.55. The van der Waals surface area contributed by atoms with E-state index in [1.54, 1.807) is 0 Å². The Bertz CT molecular complexity index is 320.